The molecule has 1 aromatic carbocycles. The predicted molar refractivity (Wildman–Crippen MR) is 65.9 cm³/mol. The van der Waals surface area contributed by atoms with Crippen molar-refractivity contribution in [3.63, 3.8) is 0 Å². The summed E-state index contributed by atoms with van der Waals surface area (Å²) in [5, 5.41) is 12.2. The van der Waals surface area contributed by atoms with E-state index in [1.54, 1.807) is 12.1 Å². The van der Waals surface area contributed by atoms with E-state index in [1.165, 1.54) is 6.07 Å². The highest BCUT2D eigenvalue weighted by Gasteiger charge is 2.41. The number of amides is 1. The molecule has 17 heavy (non-hydrogen) atoms. The molecule has 0 bridgehead atoms. The van der Waals surface area contributed by atoms with E-state index in [2.05, 4.69) is 5.32 Å². The molecule has 4 heteroatoms. The van der Waals surface area contributed by atoms with Crippen LogP contribution in [0.5, 0.6) is 5.75 Å². The molecule has 0 unspecified atom stereocenters. The standard InChI is InChI=1S/C13H18N2O2/c1-9-6-10(16)2-3-11(9)12(17)15-8-13(7-14)4-5-13/h2-3,6,16H,4-5,7-8,14H2,1H3,(H,15,17). The SMILES string of the molecule is Cc1cc(O)ccc1C(=O)NCC1(CN)CC1. The maximum atomic E-state index is 11.9. The maximum absolute atomic E-state index is 11.9. The summed E-state index contributed by atoms with van der Waals surface area (Å²) in [6, 6.07) is 4.75. The first-order chi connectivity index (χ1) is 8.06. The highest BCUT2D eigenvalue weighted by molar-refractivity contribution is 5.95. The number of phenols is 1. The minimum absolute atomic E-state index is 0.0952. The number of rotatable bonds is 4. The topological polar surface area (TPSA) is 75.3 Å². The second kappa shape index (κ2) is 4.37. The number of carbonyl (C=O) groups is 1. The Morgan fingerprint density at radius 2 is 2.24 bits per heavy atom. The Morgan fingerprint density at radius 3 is 2.76 bits per heavy atom. The van der Waals surface area contributed by atoms with Crippen molar-refractivity contribution in [2.75, 3.05) is 13.1 Å². The van der Waals surface area contributed by atoms with Crippen LogP contribution in [0, 0.1) is 12.3 Å². The number of benzene rings is 1. The monoisotopic (exact) mass is 234 g/mol. The van der Waals surface area contributed by atoms with Crippen molar-refractivity contribution in [1.29, 1.82) is 0 Å². The largest absolute Gasteiger partial charge is 0.508 e. The van der Waals surface area contributed by atoms with E-state index in [4.69, 9.17) is 5.73 Å². The van der Waals surface area contributed by atoms with E-state index in [0.29, 0.717) is 18.7 Å². The Kier molecular flexibility index (Phi) is 3.07. The Hall–Kier alpha value is -1.55. The first-order valence-corrected chi connectivity index (χ1v) is 5.84. The second-order valence-corrected chi connectivity index (χ2v) is 4.89. The number of hydrogen-bond acceptors (Lipinski definition) is 3. The normalized spacial score (nSPS) is 16.6. The highest BCUT2D eigenvalue weighted by Crippen LogP contribution is 2.43. The number of nitrogens with one attached hydrogen (secondary N) is 1. The van der Waals surface area contributed by atoms with Gasteiger partial charge in [0.05, 0.1) is 0 Å². The van der Waals surface area contributed by atoms with Gasteiger partial charge in [0.25, 0.3) is 5.91 Å². The Balaban J connectivity index is 2.00. The molecule has 1 aromatic rings. The molecule has 0 radical (unpaired) electrons. The summed E-state index contributed by atoms with van der Waals surface area (Å²) in [6.45, 7) is 3.08. The molecule has 0 heterocycles. The summed E-state index contributed by atoms with van der Waals surface area (Å²) in [7, 11) is 0. The molecule has 1 saturated carbocycles. The number of carbonyl (C=O) groups excluding carboxylic acids is 1. The average Bonchev–Trinajstić information content (AvgIpc) is 3.07. The van der Waals surface area contributed by atoms with Gasteiger partial charge < -0.3 is 16.2 Å². The third-order valence-corrected chi connectivity index (χ3v) is 3.47. The molecule has 4 nitrogen and oxygen atoms in total. The lowest BCUT2D eigenvalue weighted by atomic mass is 10.1. The molecular formula is C13H18N2O2. The molecule has 1 amide bonds. The number of aryl methyl sites for hydroxylation is 1. The van der Waals surface area contributed by atoms with Gasteiger partial charge >= 0.3 is 0 Å². The fourth-order valence-corrected chi connectivity index (χ4v) is 1.90. The quantitative estimate of drug-likeness (QED) is 0.732. The molecule has 0 spiro atoms. The molecule has 1 aliphatic rings. The molecular weight excluding hydrogens is 216 g/mol. The highest BCUT2D eigenvalue weighted by atomic mass is 16.3. The summed E-state index contributed by atoms with van der Waals surface area (Å²) >= 11 is 0. The maximum Gasteiger partial charge on any atom is 0.251 e. The fraction of sp³-hybridized carbons (Fsp3) is 0.462. The van der Waals surface area contributed by atoms with Crippen molar-refractivity contribution in [1.82, 2.24) is 5.32 Å². The van der Waals surface area contributed by atoms with Gasteiger partial charge in [0.2, 0.25) is 0 Å². The summed E-state index contributed by atoms with van der Waals surface area (Å²) < 4.78 is 0. The number of aromatic hydroxyl groups is 1. The second-order valence-electron chi connectivity index (χ2n) is 4.89. The van der Waals surface area contributed by atoms with Crippen LogP contribution in [0.1, 0.15) is 28.8 Å². The third-order valence-electron chi connectivity index (χ3n) is 3.47. The van der Waals surface area contributed by atoms with Gasteiger partial charge in [-0.2, -0.15) is 0 Å². The number of nitrogens with two attached hydrogens (primary N) is 1. The molecule has 0 saturated heterocycles. The van der Waals surface area contributed by atoms with E-state index in [-0.39, 0.29) is 17.1 Å². The van der Waals surface area contributed by atoms with Crippen molar-refractivity contribution in [3.05, 3.63) is 29.3 Å². The van der Waals surface area contributed by atoms with Crippen LogP contribution in [-0.4, -0.2) is 24.1 Å². The molecule has 4 N–H and O–H groups in total. The minimum atomic E-state index is -0.0952. The lowest BCUT2D eigenvalue weighted by Crippen LogP contribution is -2.34. The summed E-state index contributed by atoms with van der Waals surface area (Å²) in [5.41, 5.74) is 7.18. The summed E-state index contributed by atoms with van der Waals surface area (Å²) in [4.78, 5) is 11.9. The molecule has 92 valence electrons. The Labute approximate surface area is 101 Å². The molecule has 0 aromatic heterocycles. The van der Waals surface area contributed by atoms with Gasteiger partial charge in [0.1, 0.15) is 5.75 Å². The van der Waals surface area contributed by atoms with E-state index in [0.717, 1.165) is 18.4 Å². The molecule has 1 fully saturated rings. The van der Waals surface area contributed by atoms with Crippen molar-refractivity contribution >= 4 is 5.91 Å². The number of phenolic OH excluding ortho intramolecular Hbond substituents is 1. The van der Waals surface area contributed by atoms with Crippen LogP contribution in [-0.2, 0) is 0 Å². The van der Waals surface area contributed by atoms with E-state index in [1.807, 2.05) is 6.92 Å². The van der Waals surface area contributed by atoms with Gasteiger partial charge in [-0.15, -0.1) is 0 Å². The van der Waals surface area contributed by atoms with Crippen LogP contribution in [0.15, 0.2) is 18.2 Å². The van der Waals surface area contributed by atoms with Crippen LogP contribution in [0.3, 0.4) is 0 Å². The number of hydrogen-bond donors (Lipinski definition) is 3. The zero-order valence-corrected chi connectivity index (χ0v) is 9.99. The van der Waals surface area contributed by atoms with Gasteiger partial charge in [-0.25, -0.2) is 0 Å². The van der Waals surface area contributed by atoms with E-state index >= 15 is 0 Å². The first-order valence-electron chi connectivity index (χ1n) is 5.84. The van der Waals surface area contributed by atoms with E-state index < -0.39 is 0 Å². The van der Waals surface area contributed by atoms with Crippen LogP contribution in [0.4, 0.5) is 0 Å². The Morgan fingerprint density at radius 1 is 1.53 bits per heavy atom. The van der Waals surface area contributed by atoms with Gasteiger partial charge in [-0.05, 0) is 50.1 Å². The first kappa shape index (κ1) is 11.9. The fourth-order valence-electron chi connectivity index (χ4n) is 1.90. The van der Waals surface area contributed by atoms with Gasteiger partial charge in [-0.3, -0.25) is 4.79 Å². The zero-order chi connectivity index (χ0) is 12.5. The lowest BCUT2D eigenvalue weighted by molar-refractivity contribution is 0.0945. The summed E-state index contributed by atoms with van der Waals surface area (Å²) in [6.07, 6.45) is 2.19. The molecule has 0 atom stereocenters. The van der Waals surface area contributed by atoms with Crippen LogP contribution >= 0.6 is 0 Å². The minimum Gasteiger partial charge on any atom is -0.508 e. The third kappa shape index (κ3) is 2.58. The smallest absolute Gasteiger partial charge is 0.251 e. The molecule has 0 aliphatic heterocycles. The average molecular weight is 234 g/mol. The van der Waals surface area contributed by atoms with Crippen molar-refractivity contribution in [2.24, 2.45) is 11.1 Å². The van der Waals surface area contributed by atoms with Crippen LogP contribution in [0.25, 0.3) is 0 Å². The van der Waals surface area contributed by atoms with Gasteiger partial charge in [0.15, 0.2) is 0 Å². The van der Waals surface area contributed by atoms with Crippen molar-refractivity contribution < 1.29 is 9.90 Å². The Bertz CT molecular complexity index is 439. The zero-order valence-electron chi connectivity index (χ0n) is 9.99. The van der Waals surface area contributed by atoms with Gasteiger partial charge in [-0.1, -0.05) is 0 Å². The van der Waals surface area contributed by atoms with Crippen LogP contribution < -0.4 is 11.1 Å². The predicted octanol–water partition coefficient (Wildman–Crippen LogP) is 1.17. The van der Waals surface area contributed by atoms with Gasteiger partial charge in [0, 0.05) is 17.5 Å². The van der Waals surface area contributed by atoms with Crippen LogP contribution in [0.2, 0.25) is 0 Å². The summed E-state index contributed by atoms with van der Waals surface area (Å²) in [5.74, 6) is 0.0851. The molecule has 2 rings (SSSR count). The van der Waals surface area contributed by atoms with Crippen molar-refractivity contribution in [3.8, 4) is 5.75 Å². The molecule has 1 aliphatic carbocycles. The van der Waals surface area contributed by atoms with Crippen molar-refractivity contribution in [2.45, 2.75) is 19.8 Å². The lowest BCUT2D eigenvalue weighted by Gasteiger charge is -2.14. The van der Waals surface area contributed by atoms with E-state index in [9.17, 15) is 9.90 Å².